The van der Waals surface area contributed by atoms with Crippen molar-refractivity contribution in [1.82, 2.24) is 0 Å². The van der Waals surface area contributed by atoms with Crippen molar-refractivity contribution in [2.45, 2.75) is 12.8 Å². The van der Waals surface area contributed by atoms with Gasteiger partial charge in [0.15, 0.2) is 0 Å². The average molecular weight is 282 g/mol. The number of anilines is 1. The number of halogens is 2. The molecule has 0 bridgehead atoms. The van der Waals surface area contributed by atoms with E-state index in [0.717, 1.165) is 5.56 Å². The van der Waals surface area contributed by atoms with Gasteiger partial charge in [-0.25, -0.2) is 8.78 Å². The van der Waals surface area contributed by atoms with Gasteiger partial charge in [-0.05, 0) is 24.3 Å². The molecule has 3 N–H and O–H groups in total. The molecule has 0 aromatic heterocycles. The molecule has 0 fully saturated rings. The SMILES string of the molecule is NCC#Cc1ccc(NC(=O)CCOCC(F)F)cc1. The number of alkyl halides is 2. The number of ether oxygens (including phenoxy) is 1. The van der Waals surface area contributed by atoms with Crippen LogP contribution in [0.4, 0.5) is 14.5 Å². The molecule has 0 unspecified atom stereocenters. The van der Waals surface area contributed by atoms with Crippen LogP contribution in [-0.2, 0) is 9.53 Å². The standard InChI is InChI=1S/C14H16F2N2O2/c15-13(16)10-20-9-7-14(19)18-12-5-3-11(4-6-12)2-1-8-17/h3-6,13H,7-10,17H2,(H,18,19). The van der Waals surface area contributed by atoms with E-state index in [0.29, 0.717) is 5.69 Å². The average Bonchev–Trinajstić information content (AvgIpc) is 2.43. The van der Waals surface area contributed by atoms with E-state index < -0.39 is 13.0 Å². The summed E-state index contributed by atoms with van der Waals surface area (Å²) in [6, 6.07) is 6.92. The van der Waals surface area contributed by atoms with Crippen molar-refractivity contribution in [3.05, 3.63) is 29.8 Å². The van der Waals surface area contributed by atoms with Crippen LogP contribution in [0.5, 0.6) is 0 Å². The molecule has 1 rings (SSSR count). The molecular formula is C14H16F2N2O2. The number of carbonyl (C=O) groups is 1. The lowest BCUT2D eigenvalue weighted by atomic mass is 10.2. The summed E-state index contributed by atoms with van der Waals surface area (Å²) in [5.41, 5.74) is 6.67. The Bertz CT molecular complexity index is 478. The van der Waals surface area contributed by atoms with Gasteiger partial charge in [-0.1, -0.05) is 11.8 Å². The number of benzene rings is 1. The van der Waals surface area contributed by atoms with Crippen LogP contribution in [0.2, 0.25) is 0 Å². The Kier molecular flexibility index (Phi) is 7.25. The Labute approximate surface area is 116 Å². The van der Waals surface area contributed by atoms with Crippen molar-refractivity contribution >= 4 is 11.6 Å². The molecule has 0 aliphatic heterocycles. The number of nitrogens with one attached hydrogen (secondary N) is 1. The second-order valence-electron chi connectivity index (χ2n) is 3.85. The van der Waals surface area contributed by atoms with Crippen LogP contribution in [0.3, 0.4) is 0 Å². The van der Waals surface area contributed by atoms with Crippen molar-refractivity contribution in [1.29, 1.82) is 0 Å². The lowest BCUT2D eigenvalue weighted by Gasteiger charge is -2.06. The largest absolute Gasteiger partial charge is 0.375 e. The van der Waals surface area contributed by atoms with Crippen molar-refractivity contribution in [3.8, 4) is 11.8 Å². The van der Waals surface area contributed by atoms with E-state index in [2.05, 4.69) is 21.9 Å². The maximum atomic E-state index is 11.8. The highest BCUT2D eigenvalue weighted by molar-refractivity contribution is 5.90. The molecule has 0 radical (unpaired) electrons. The summed E-state index contributed by atoms with van der Waals surface area (Å²) >= 11 is 0. The van der Waals surface area contributed by atoms with Crippen LogP contribution in [-0.4, -0.2) is 32.1 Å². The van der Waals surface area contributed by atoms with Gasteiger partial charge >= 0.3 is 0 Å². The van der Waals surface area contributed by atoms with Gasteiger partial charge in [0.05, 0.1) is 19.6 Å². The van der Waals surface area contributed by atoms with E-state index in [1.54, 1.807) is 24.3 Å². The van der Waals surface area contributed by atoms with Crippen molar-refractivity contribution < 1.29 is 18.3 Å². The number of nitrogens with two attached hydrogens (primary N) is 1. The highest BCUT2D eigenvalue weighted by Gasteiger charge is 2.05. The molecule has 20 heavy (non-hydrogen) atoms. The summed E-state index contributed by atoms with van der Waals surface area (Å²) in [6.07, 6.45) is -2.48. The molecule has 6 heteroatoms. The molecule has 0 saturated heterocycles. The molecule has 0 atom stereocenters. The van der Waals surface area contributed by atoms with E-state index in [1.807, 2.05) is 0 Å². The molecule has 0 spiro atoms. The summed E-state index contributed by atoms with van der Waals surface area (Å²) in [7, 11) is 0. The van der Waals surface area contributed by atoms with Crippen LogP contribution in [0, 0.1) is 11.8 Å². The number of hydrogen-bond acceptors (Lipinski definition) is 3. The predicted octanol–water partition coefficient (Wildman–Crippen LogP) is 1.61. The van der Waals surface area contributed by atoms with Gasteiger partial charge in [-0.2, -0.15) is 0 Å². The normalized spacial score (nSPS) is 10.0. The fraction of sp³-hybridized carbons (Fsp3) is 0.357. The van der Waals surface area contributed by atoms with Gasteiger partial charge in [-0.15, -0.1) is 0 Å². The first-order valence-electron chi connectivity index (χ1n) is 6.06. The zero-order valence-electron chi connectivity index (χ0n) is 10.9. The van der Waals surface area contributed by atoms with E-state index in [9.17, 15) is 13.6 Å². The smallest absolute Gasteiger partial charge is 0.261 e. The van der Waals surface area contributed by atoms with Gasteiger partial charge in [0.25, 0.3) is 6.43 Å². The summed E-state index contributed by atoms with van der Waals surface area (Å²) < 4.78 is 28.2. The first-order chi connectivity index (χ1) is 9.61. The lowest BCUT2D eigenvalue weighted by molar-refractivity contribution is -0.117. The maximum absolute atomic E-state index is 11.8. The third-order valence-electron chi connectivity index (χ3n) is 2.22. The van der Waals surface area contributed by atoms with E-state index in [4.69, 9.17) is 5.73 Å². The quantitative estimate of drug-likeness (QED) is 0.615. The Morgan fingerprint density at radius 1 is 1.35 bits per heavy atom. The Morgan fingerprint density at radius 2 is 2.05 bits per heavy atom. The summed E-state index contributed by atoms with van der Waals surface area (Å²) in [5, 5.41) is 2.63. The number of carbonyl (C=O) groups excluding carboxylic acids is 1. The first kappa shape index (κ1) is 16.1. The molecule has 0 saturated carbocycles. The van der Waals surface area contributed by atoms with E-state index in [-0.39, 0.29) is 25.5 Å². The maximum Gasteiger partial charge on any atom is 0.261 e. The van der Waals surface area contributed by atoms with Gasteiger partial charge < -0.3 is 15.8 Å². The molecule has 1 aromatic carbocycles. The monoisotopic (exact) mass is 282 g/mol. The van der Waals surface area contributed by atoms with Crippen LogP contribution < -0.4 is 11.1 Å². The Hall–Kier alpha value is -1.97. The van der Waals surface area contributed by atoms with Gasteiger partial charge in [0.1, 0.15) is 6.61 Å². The van der Waals surface area contributed by atoms with Crippen LogP contribution in [0.25, 0.3) is 0 Å². The van der Waals surface area contributed by atoms with Gasteiger partial charge in [-0.3, -0.25) is 4.79 Å². The van der Waals surface area contributed by atoms with Crippen molar-refractivity contribution in [2.75, 3.05) is 25.1 Å². The summed E-state index contributed by atoms with van der Waals surface area (Å²) in [5.74, 6) is 5.29. The zero-order chi connectivity index (χ0) is 14.8. The molecule has 4 nitrogen and oxygen atoms in total. The van der Waals surface area contributed by atoms with Crippen molar-refractivity contribution in [2.24, 2.45) is 5.73 Å². The topological polar surface area (TPSA) is 64.3 Å². The molecule has 108 valence electrons. The first-order valence-corrected chi connectivity index (χ1v) is 6.06. The summed E-state index contributed by atoms with van der Waals surface area (Å²) in [4.78, 5) is 11.5. The van der Waals surface area contributed by atoms with Gasteiger partial charge in [0.2, 0.25) is 5.91 Å². The van der Waals surface area contributed by atoms with Crippen molar-refractivity contribution in [3.63, 3.8) is 0 Å². The number of rotatable bonds is 6. The third-order valence-corrected chi connectivity index (χ3v) is 2.22. The molecular weight excluding hydrogens is 266 g/mol. The second-order valence-corrected chi connectivity index (χ2v) is 3.85. The Balaban J connectivity index is 2.34. The van der Waals surface area contributed by atoms with Gasteiger partial charge in [0, 0.05) is 11.3 Å². The molecule has 0 heterocycles. The van der Waals surface area contributed by atoms with Crippen LogP contribution in [0.15, 0.2) is 24.3 Å². The number of amides is 1. The minimum atomic E-state index is -2.51. The number of hydrogen-bond donors (Lipinski definition) is 2. The van der Waals surface area contributed by atoms with Crippen LogP contribution >= 0.6 is 0 Å². The highest BCUT2D eigenvalue weighted by Crippen LogP contribution is 2.09. The molecule has 0 aliphatic rings. The predicted molar refractivity (Wildman–Crippen MR) is 72.4 cm³/mol. The minimum absolute atomic E-state index is 0.0292. The zero-order valence-corrected chi connectivity index (χ0v) is 10.9. The lowest BCUT2D eigenvalue weighted by Crippen LogP contribution is -2.15. The fourth-order valence-electron chi connectivity index (χ4n) is 1.35. The molecule has 0 aliphatic carbocycles. The minimum Gasteiger partial charge on any atom is -0.375 e. The van der Waals surface area contributed by atoms with Crippen LogP contribution in [0.1, 0.15) is 12.0 Å². The molecule has 1 amide bonds. The molecule has 1 aromatic rings. The Morgan fingerprint density at radius 3 is 2.65 bits per heavy atom. The third kappa shape index (κ3) is 6.83. The highest BCUT2D eigenvalue weighted by atomic mass is 19.3. The van der Waals surface area contributed by atoms with E-state index >= 15 is 0 Å². The fourth-order valence-corrected chi connectivity index (χ4v) is 1.35. The second kappa shape index (κ2) is 9.02. The van der Waals surface area contributed by atoms with E-state index in [1.165, 1.54) is 0 Å². The summed E-state index contributed by atoms with van der Waals surface area (Å²) in [6.45, 7) is -0.394.